The summed E-state index contributed by atoms with van der Waals surface area (Å²) in [7, 11) is 3.95. The Kier molecular flexibility index (Phi) is 5.12. The number of carbonyl (C=O) groups is 1. The number of carbonyl (C=O) groups excluding carboxylic acids is 1. The first-order valence-electron chi connectivity index (χ1n) is 7.08. The maximum Gasteiger partial charge on any atom is 0.166 e. The van der Waals surface area contributed by atoms with Crippen LogP contribution in [-0.2, 0) is 0 Å². The van der Waals surface area contributed by atoms with Gasteiger partial charge in [-0.1, -0.05) is 25.1 Å². The average molecular weight is 283 g/mol. The third-order valence-corrected chi connectivity index (χ3v) is 3.20. The number of benzene rings is 2. The highest BCUT2D eigenvalue weighted by Gasteiger charge is 2.15. The van der Waals surface area contributed by atoms with E-state index in [-0.39, 0.29) is 11.7 Å². The summed E-state index contributed by atoms with van der Waals surface area (Å²) in [6, 6.07) is 16.9. The van der Waals surface area contributed by atoms with Gasteiger partial charge >= 0.3 is 0 Å². The van der Waals surface area contributed by atoms with Crippen molar-refractivity contribution >= 4 is 5.78 Å². The minimum Gasteiger partial charge on any atom is -0.457 e. The lowest BCUT2D eigenvalue weighted by atomic mass is 9.99. The summed E-state index contributed by atoms with van der Waals surface area (Å²) in [4.78, 5) is 14.3. The van der Waals surface area contributed by atoms with E-state index < -0.39 is 0 Å². The molecule has 0 aliphatic rings. The van der Waals surface area contributed by atoms with Crippen LogP contribution >= 0.6 is 0 Å². The summed E-state index contributed by atoms with van der Waals surface area (Å²) in [5.74, 6) is 1.67. The fourth-order valence-electron chi connectivity index (χ4n) is 2.23. The maximum atomic E-state index is 12.3. The molecule has 0 amide bonds. The van der Waals surface area contributed by atoms with Gasteiger partial charge in [-0.3, -0.25) is 4.79 Å². The summed E-state index contributed by atoms with van der Waals surface area (Å²) in [6.07, 6.45) is 0. The van der Waals surface area contributed by atoms with Gasteiger partial charge in [0.2, 0.25) is 0 Å². The van der Waals surface area contributed by atoms with Gasteiger partial charge in [-0.2, -0.15) is 0 Å². The first-order chi connectivity index (χ1) is 10.1. The molecule has 0 aliphatic carbocycles. The van der Waals surface area contributed by atoms with Crippen LogP contribution in [0, 0.1) is 5.92 Å². The summed E-state index contributed by atoms with van der Waals surface area (Å²) >= 11 is 0. The van der Waals surface area contributed by atoms with Gasteiger partial charge in [-0.25, -0.2) is 0 Å². The highest BCUT2D eigenvalue weighted by atomic mass is 16.5. The Morgan fingerprint density at radius 1 is 1.00 bits per heavy atom. The Labute approximate surface area is 126 Å². The zero-order valence-corrected chi connectivity index (χ0v) is 12.7. The Hall–Kier alpha value is -2.13. The topological polar surface area (TPSA) is 29.5 Å². The average Bonchev–Trinajstić information content (AvgIpc) is 2.47. The largest absolute Gasteiger partial charge is 0.457 e. The Morgan fingerprint density at radius 2 is 1.57 bits per heavy atom. The number of hydrogen-bond acceptors (Lipinski definition) is 3. The van der Waals surface area contributed by atoms with E-state index in [1.165, 1.54) is 0 Å². The van der Waals surface area contributed by atoms with Gasteiger partial charge in [-0.15, -0.1) is 0 Å². The highest BCUT2D eigenvalue weighted by Crippen LogP contribution is 2.22. The van der Waals surface area contributed by atoms with Crippen molar-refractivity contribution in [3.63, 3.8) is 0 Å². The lowest BCUT2D eigenvalue weighted by Gasteiger charge is -2.16. The van der Waals surface area contributed by atoms with Crippen molar-refractivity contribution in [1.82, 2.24) is 4.90 Å². The van der Waals surface area contributed by atoms with Crippen LogP contribution in [0.4, 0.5) is 0 Å². The molecule has 2 aromatic carbocycles. The SMILES string of the molecule is CC(CN(C)C)C(=O)c1ccc(Oc2ccccc2)cc1. The Balaban J connectivity index is 2.03. The standard InChI is InChI=1S/C18H21NO2/c1-14(13-19(2)3)18(20)15-9-11-17(12-10-15)21-16-7-5-4-6-8-16/h4-12,14H,13H2,1-3H3. The van der Waals surface area contributed by atoms with E-state index in [1.807, 2.05) is 80.5 Å². The smallest absolute Gasteiger partial charge is 0.166 e. The molecule has 0 spiro atoms. The van der Waals surface area contributed by atoms with Crippen molar-refractivity contribution in [2.45, 2.75) is 6.92 Å². The Morgan fingerprint density at radius 3 is 2.14 bits per heavy atom. The molecular weight excluding hydrogens is 262 g/mol. The quantitative estimate of drug-likeness (QED) is 0.754. The van der Waals surface area contributed by atoms with E-state index in [9.17, 15) is 4.79 Å². The van der Waals surface area contributed by atoms with Crippen molar-refractivity contribution in [2.75, 3.05) is 20.6 Å². The van der Waals surface area contributed by atoms with Gasteiger partial charge in [0, 0.05) is 18.0 Å². The lowest BCUT2D eigenvalue weighted by Crippen LogP contribution is -2.25. The van der Waals surface area contributed by atoms with Crippen LogP contribution in [0.5, 0.6) is 11.5 Å². The molecule has 0 aliphatic heterocycles. The number of hydrogen-bond donors (Lipinski definition) is 0. The molecule has 2 rings (SSSR count). The first kappa shape index (κ1) is 15.3. The van der Waals surface area contributed by atoms with E-state index >= 15 is 0 Å². The predicted octanol–water partition coefficient (Wildman–Crippen LogP) is 3.86. The van der Waals surface area contributed by atoms with Crippen molar-refractivity contribution < 1.29 is 9.53 Å². The van der Waals surface area contributed by atoms with Gasteiger partial charge in [0.15, 0.2) is 5.78 Å². The number of nitrogens with zero attached hydrogens (tertiary/aromatic N) is 1. The van der Waals surface area contributed by atoms with E-state index in [0.717, 1.165) is 23.6 Å². The van der Waals surface area contributed by atoms with Crippen LogP contribution in [0.25, 0.3) is 0 Å². The van der Waals surface area contributed by atoms with Crippen molar-refractivity contribution in [2.24, 2.45) is 5.92 Å². The zero-order valence-electron chi connectivity index (χ0n) is 12.7. The molecular formula is C18H21NO2. The molecule has 3 heteroatoms. The monoisotopic (exact) mass is 283 g/mol. The van der Waals surface area contributed by atoms with E-state index in [1.54, 1.807) is 0 Å². The van der Waals surface area contributed by atoms with Crippen LogP contribution in [-0.4, -0.2) is 31.3 Å². The van der Waals surface area contributed by atoms with Gasteiger partial charge in [0.05, 0.1) is 0 Å². The Bertz CT molecular complexity index is 576. The number of rotatable bonds is 6. The maximum absolute atomic E-state index is 12.3. The highest BCUT2D eigenvalue weighted by molar-refractivity contribution is 5.97. The normalized spacial score (nSPS) is 12.2. The van der Waals surface area contributed by atoms with Crippen LogP contribution in [0.1, 0.15) is 17.3 Å². The molecule has 0 saturated carbocycles. The van der Waals surface area contributed by atoms with Crippen molar-refractivity contribution in [1.29, 1.82) is 0 Å². The summed E-state index contributed by atoms with van der Waals surface area (Å²) in [5.41, 5.74) is 0.727. The van der Waals surface area contributed by atoms with Gasteiger partial charge in [0.1, 0.15) is 11.5 Å². The summed E-state index contributed by atoms with van der Waals surface area (Å²) < 4.78 is 5.72. The molecule has 21 heavy (non-hydrogen) atoms. The minimum atomic E-state index is -0.0131. The summed E-state index contributed by atoms with van der Waals surface area (Å²) in [6.45, 7) is 2.71. The van der Waals surface area contributed by atoms with Crippen LogP contribution in [0.3, 0.4) is 0 Å². The fourth-order valence-corrected chi connectivity index (χ4v) is 2.23. The van der Waals surface area contributed by atoms with Crippen LogP contribution in [0.2, 0.25) is 0 Å². The molecule has 2 aromatic rings. The summed E-state index contributed by atoms with van der Waals surface area (Å²) in [5, 5.41) is 0. The minimum absolute atomic E-state index is 0.0131. The van der Waals surface area contributed by atoms with E-state index in [2.05, 4.69) is 0 Å². The number of Topliss-reactive ketones (excluding diaryl/α,β-unsaturated/α-hetero) is 1. The molecule has 0 N–H and O–H groups in total. The molecule has 0 saturated heterocycles. The third kappa shape index (κ3) is 4.43. The molecule has 0 aromatic heterocycles. The number of ether oxygens (including phenoxy) is 1. The second kappa shape index (κ2) is 7.04. The third-order valence-electron chi connectivity index (χ3n) is 3.20. The molecule has 110 valence electrons. The second-order valence-electron chi connectivity index (χ2n) is 5.47. The fraction of sp³-hybridized carbons (Fsp3) is 0.278. The second-order valence-corrected chi connectivity index (χ2v) is 5.47. The molecule has 0 radical (unpaired) electrons. The first-order valence-corrected chi connectivity index (χ1v) is 7.08. The van der Waals surface area contributed by atoms with Crippen molar-refractivity contribution in [3.05, 3.63) is 60.2 Å². The zero-order chi connectivity index (χ0) is 15.2. The molecule has 0 fully saturated rings. The molecule has 0 heterocycles. The number of ketones is 1. The molecule has 1 atom stereocenters. The van der Waals surface area contributed by atoms with Gasteiger partial charge in [0.25, 0.3) is 0 Å². The van der Waals surface area contributed by atoms with Crippen molar-refractivity contribution in [3.8, 4) is 11.5 Å². The van der Waals surface area contributed by atoms with Gasteiger partial charge < -0.3 is 9.64 Å². The van der Waals surface area contributed by atoms with Crippen LogP contribution < -0.4 is 4.74 Å². The lowest BCUT2D eigenvalue weighted by molar-refractivity contribution is 0.0910. The number of para-hydroxylation sites is 1. The van der Waals surface area contributed by atoms with E-state index in [4.69, 9.17) is 4.74 Å². The predicted molar refractivity (Wildman–Crippen MR) is 85.0 cm³/mol. The molecule has 0 bridgehead atoms. The van der Waals surface area contributed by atoms with E-state index in [0.29, 0.717) is 0 Å². The molecule has 1 unspecified atom stereocenters. The van der Waals surface area contributed by atoms with Gasteiger partial charge in [-0.05, 0) is 50.5 Å². The van der Waals surface area contributed by atoms with Crippen LogP contribution in [0.15, 0.2) is 54.6 Å². The molecule has 3 nitrogen and oxygen atoms in total.